The lowest BCUT2D eigenvalue weighted by molar-refractivity contribution is -0.255. The third kappa shape index (κ3) is 1.97. The van der Waals surface area contributed by atoms with E-state index in [1.807, 2.05) is 0 Å². The second-order valence-electron chi connectivity index (χ2n) is 7.04. The Labute approximate surface area is 130 Å². The largest absolute Gasteiger partial charge is 0.545 e. The first kappa shape index (κ1) is 14.8. The summed E-state index contributed by atoms with van der Waals surface area (Å²) in [6, 6.07) is 6.06. The van der Waals surface area contributed by atoms with Gasteiger partial charge in [-0.25, -0.2) is 0 Å². The van der Waals surface area contributed by atoms with Gasteiger partial charge in [0.15, 0.2) is 0 Å². The van der Waals surface area contributed by atoms with Crippen LogP contribution in [0.15, 0.2) is 36.4 Å². The number of anilines is 1. The van der Waals surface area contributed by atoms with Gasteiger partial charge < -0.3 is 15.2 Å². The second-order valence-corrected chi connectivity index (χ2v) is 7.04. The number of carbonyl (C=O) groups excluding carboxylic acids is 2. The molecule has 116 valence electrons. The maximum atomic E-state index is 12.8. The molecule has 2 bridgehead atoms. The average Bonchev–Trinajstić information content (AvgIpc) is 3.00. The Hall–Kier alpha value is -2.10. The van der Waals surface area contributed by atoms with Crippen LogP contribution in [0.2, 0.25) is 0 Å². The summed E-state index contributed by atoms with van der Waals surface area (Å²) in [5, 5.41) is 13.7. The molecule has 0 spiro atoms. The van der Waals surface area contributed by atoms with Gasteiger partial charge in [-0.1, -0.05) is 38.1 Å². The SMILES string of the molecule is C=C1C(C)(C)[C@H]2CC[C@]1(C(=O)Nc1ccc(C(=O)[O-])cc1)C2. The zero-order valence-electron chi connectivity index (χ0n) is 12.9. The zero-order valence-corrected chi connectivity index (χ0v) is 12.9. The van der Waals surface area contributed by atoms with Gasteiger partial charge in [0.25, 0.3) is 0 Å². The van der Waals surface area contributed by atoms with Gasteiger partial charge in [0.1, 0.15) is 0 Å². The van der Waals surface area contributed by atoms with Crippen molar-refractivity contribution in [2.75, 3.05) is 5.32 Å². The molecule has 0 aromatic heterocycles. The number of hydrogen-bond donors (Lipinski definition) is 1. The van der Waals surface area contributed by atoms with Crippen LogP contribution >= 0.6 is 0 Å². The van der Waals surface area contributed by atoms with Gasteiger partial charge in [-0.3, -0.25) is 4.79 Å². The van der Waals surface area contributed by atoms with Crippen LogP contribution in [0.4, 0.5) is 5.69 Å². The monoisotopic (exact) mass is 298 g/mol. The van der Waals surface area contributed by atoms with Gasteiger partial charge in [0, 0.05) is 5.69 Å². The van der Waals surface area contributed by atoms with Gasteiger partial charge >= 0.3 is 0 Å². The molecule has 2 aliphatic rings. The van der Waals surface area contributed by atoms with Gasteiger partial charge in [-0.2, -0.15) is 0 Å². The molecule has 0 radical (unpaired) electrons. The van der Waals surface area contributed by atoms with Crippen LogP contribution in [0, 0.1) is 16.7 Å². The first-order chi connectivity index (χ1) is 10.3. The van der Waals surface area contributed by atoms with Crippen molar-refractivity contribution in [1.82, 2.24) is 0 Å². The fourth-order valence-corrected chi connectivity index (χ4v) is 4.08. The van der Waals surface area contributed by atoms with Crippen LogP contribution in [0.3, 0.4) is 0 Å². The molecule has 0 heterocycles. The Morgan fingerprint density at radius 2 is 1.91 bits per heavy atom. The third-order valence-electron chi connectivity index (χ3n) is 5.70. The fraction of sp³-hybridized carbons (Fsp3) is 0.444. The van der Waals surface area contributed by atoms with Crippen LogP contribution in [-0.4, -0.2) is 11.9 Å². The van der Waals surface area contributed by atoms with Crippen molar-refractivity contribution in [3.63, 3.8) is 0 Å². The topological polar surface area (TPSA) is 69.2 Å². The molecule has 1 N–H and O–H groups in total. The minimum absolute atomic E-state index is 0.00836. The van der Waals surface area contributed by atoms with E-state index in [4.69, 9.17) is 0 Å². The standard InChI is InChI=1S/C18H21NO3/c1-11-17(2,3)13-8-9-18(11,10-13)16(22)19-14-6-4-12(5-7-14)15(20)21/h4-7,13H,1,8-10H2,2-3H3,(H,19,22)(H,20,21)/p-1/t13-,18-/m0/s1. The van der Waals surface area contributed by atoms with E-state index in [1.54, 1.807) is 12.1 Å². The molecule has 2 atom stereocenters. The summed E-state index contributed by atoms with van der Waals surface area (Å²) in [6.07, 6.45) is 2.77. The molecular weight excluding hydrogens is 278 g/mol. The maximum Gasteiger partial charge on any atom is 0.234 e. The molecule has 4 heteroatoms. The van der Waals surface area contributed by atoms with E-state index >= 15 is 0 Å². The lowest BCUT2D eigenvalue weighted by atomic mass is 9.68. The molecule has 1 amide bonds. The van der Waals surface area contributed by atoms with E-state index in [0.29, 0.717) is 11.6 Å². The Morgan fingerprint density at radius 1 is 1.27 bits per heavy atom. The van der Waals surface area contributed by atoms with Crippen LogP contribution in [-0.2, 0) is 4.79 Å². The van der Waals surface area contributed by atoms with Gasteiger partial charge in [-0.05, 0) is 48.3 Å². The Balaban J connectivity index is 1.80. The van der Waals surface area contributed by atoms with Crippen molar-refractivity contribution in [2.45, 2.75) is 33.1 Å². The van der Waals surface area contributed by atoms with Gasteiger partial charge in [0.2, 0.25) is 5.91 Å². The highest BCUT2D eigenvalue weighted by atomic mass is 16.4. The maximum absolute atomic E-state index is 12.8. The first-order valence-corrected chi connectivity index (χ1v) is 7.60. The first-order valence-electron chi connectivity index (χ1n) is 7.60. The third-order valence-corrected chi connectivity index (χ3v) is 5.70. The highest BCUT2D eigenvalue weighted by Crippen LogP contribution is 2.65. The molecule has 1 aromatic carbocycles. The minimum Gasteiger partial charge on any atom is -0.545 e. The van der Waals surface area contributed by atoms with E-state index in [0.717, 1.165) is 24.8 Å². The van der Waals surface area contributed by atoms with Gasteiger partial charge in [-0.15, -0.1) is 0 Å². The van der Waals surface area contributed by atoms with E-state index < -0.39 is 11.4 Å². The predicted molar refractivity (Wildman–Crippen MR) is 82.1 cm³/mol. The second kappa shape index (κ2) is 4.70. The van der Waals surface area contributed by atoms with Crippen molar-refractivity contribution in [2.24, 2.45) is 16.7 Å². The van der Waals surface area contributed by atoms with Crippen molar-refractivity contribution >= 4 is 17.6 Å². The summed E-state index contributed by atoms with van der Waals surface area (Å²) in [7, 11) is 0. The van der Waals surface area contributed by atoms with Crippen LogP contribution < -0.4 is 10.4 Å². The Bertz CT molecular complexity index is 659. The summed E-state index contributed by atoms with van der Waals surface area (Å²) in [6.45, 7) is 8.55. The number of hydrogen-bond acceptors (Lipinski definition) is 3. The molecule has 4 nitrogen and oxygen atoms in total. The highest BCUT2D eigenvalue weighted by molar-refractivity contribution is 5.99. The number of amides is 1. The molecule has 2 aliphatic carbocycles. The number of nitrogens with one attached hydrogen (secondary N) is 1. The zero-order chi connectivity index (χ0) is 16.1. The molecule has 0 saturated heterocycles. The normalized spacial score (nSPS) is 28.6. The van der Waals surface area contributed by atoms with E-state index in [2.05, 4.69) is 25.7 Å². The molecular formula is C18H20NO3-. The predicted octanol–water partition coefficient (Wildman–Crippen LogP) is 2.37. The molecule has 3 rings (SSSR count). The van der Waals surface area contributed by atoms with Crippen molar-refractivity contribution in [3.05, 3.63) is 42.0 Å². The van der Waals surface area contributed by atoms with E-state index in [1.165, 1.54) is 12.1 Å². The number of benzene rings is 1. The lowest BCUT2D eigenvalue weighted by Gasteiger charge is -2.37. The van der Waals surface area contributed by atoms with Crippen molar-refractivity contribution in [1.29, 1.82) is 0 Å². The summed E-state index contributed by atoms with van der Waals surface area (Å²) in [5.74, 6) is -0.723. The molecule has 2 fully saturated rings. The fourth-order valence-electron chi connectivity index (χ4n) is 4.08. The minimum atomic E-state index is -1.22. The quantitative estimate of drug-likeness (QED) is 0.871. The van der Waals surface area contributed by atoms with Crippen LogP contribution in [0.1, 0.15) is 43.5 Å². The van der Waals surface area contributed by atoms with Crippen LogP contribution in [0.25, 0.3) is 0 Å². The number of carbonyl (C=O) groups is 2. The smallest absolute Gasteiger partial charge is 0.234 e. The van der Waals surface area contributed by atoms with E-state index in [9.17, 15) is 14.7 Å². The molecule has 1 aromatic rings. The van der Waals surface area contributed by atoms with Crippen molar-refractivity contribution < 1.29 is 14.7 Å². The number of rotatable bonds is 3. The van der Waals surface area contributed by atoms with Crippen LogP contribution in [0.5, 0.6) is 0 Å². The van der Waals surface area contributed by atoms with Gasteiger partial charge in [0.05, 0.1) is 11.4 Å². The molecule has 2 saturated carbocycles. The number of carboxylic acids is 1. The van der Waals surface area contributed by atoms with Crippen molar-refractivity contribution in [3.8, 4) is 0 Å². The Kier molecular flexibility index (Phi) is 3.17. The summed E-state index contributed by atoms with van der Waals surface area (Å²) in [5.41, 5.74) is 1.27. The Morgan fingerprint density at radius 3 is 2.41 bits per heavy atom. The summed E-state index contributed by atoms with van der Waals surface area (Å²) < 4.78 is 0. The molecule has 0 aliphatic heterocycles. The molecule has 0 unspecified atom stereocenters. The summed E-state index contributed by atoms with van der Waals surface area (Å²) >= 11 is 0. The number of aromatic carboxylic acids is 1. The lowest BCUT2D eigenvalue weighted by Crippen LogP contribution is -2.37. The van der Waals surface area contributed by atoms with E-state index in [-0.39, 0.29) is 16.9 Å². The number of carboxylic acid groups (broad SMARTS) is 1. The number of fused-ring (bicyclic) bond motifs is 2. The molecule has 22 heavy (non-hydrogen) atoms. The summed E-state index contributed by atoms with van der Waals surface area (Å²) in [4.78, 5) is 23.6. The highest BCUT2D eigenvalue weighted by Gasteiger charge is 2.60. The average molecular weight is 298 g/mol.